The van der Waals surface area contributed by atoms with E-state index in [9.17, 15) is 13.2 Å². The highest BCUT2D eigenvalue weighted by Crippen LogP contribution is 2.40. The van der Waals surface area contributed by atoms with Crippen LogP contribution in [-0.2, 0) is 6.18 Å². The van der Waals surface area contributed by atoms with Crippen LogP contribution in [0.1, 0.15) is 43.9 Å². The Labute approximate surface area is 130 Å². The van der Waals surface area contributed by atoms with Gasteiger partial charge in [0.1, 0.15) is 0 Å². The van der Waals surface area contributed by atoms with E-state index >= 15 is 0 Å². The maximum absolute atomic E-state index is 13.4. The highest BCUT2D eigenvalue weighted by molar-refractivity contribution is 5.33. The Bertz CT molecular complexity index is 467. The molecule has 2 nitrogen and oxygen atoms in total. The van der Waals surface area contributed by atoms with Crippen LogP contribution in [0.5, 0.6) is 0 Å². The number of piperazine rings is 1. The van der Waals surface area contributed by atoms with E-state index < -0.39 is 11.7 Å². The molecule has 1 aliphatic rings. The Morgan fingerprint density at radius 3 is 2.41 bits per heavy atom. The zero-order valence-corrected chi connectivity index (χ0v) is 13.3. The monoisotopic (exact) mass is 314 g/mol. The topological polar surface area (TPSA) is 15.3 Å². The third-order valence-electron chi connectivity index (χ3n) is 4.41. The number of rotatable bonds is 5. The van der Waals surface area contributed by atoms with Crippen LogP contribution in [-0.4, -0.2) is 31.1 Å². The Kier molecular flexibility index (Phi) is 5.87. The molecule has 0 amide bonds. The SMILES string of the molecule is CCCC(C)[C@@H](c1ccccc1C(F)(F)F)N1CCNCC1. The fraction of sp³-hybridized carbons (Fsp3) is 0.647. The summed E-state index contributed by atoms with van der Waals surface area (Å²) in [7, 11) is 0. The van der Waals surface area contributed by atoms with Gasteiger partial charge in [-0.05, 0) is 24.0 Å². The first-order valence-corrected chi connectivity index (χ1v) is 8.06. The minimum atomic E-state index is -4.30. The molecule has 22 heavy (non-hydrogen) atoms. The number of hydrogen-bond acceptors (Lipinski definition) is 2. The molecule has 1 fully saturated rings. The Morgan fingerprint density at radius 2 is 1.82 bits per heavy atom. The second-order valence-electron chi connectivity index (χ2n) is 6.08. The van der Waals surface area contributed by atoms with Gasteiger partial charge >= 0.3 is 6.18 Å². The summed E-state index contributed by atoms with van der Waals surface area (Å²) in [6, 6.07) is 5.90. The van der Waals surface area contributed by atoms with Crippen molar-refractivity contribution in [2.24, 2.45) is 5.92 Å². The smallest absolute Gasteiger partial charge is 0.314 e. The lowest BCUT2D eigenvalue weighted by atomic mass is 9.86. The lowest BCUT2D eigenvalue weighted by molar-refractivity contribution is -0.139. The number of benzene rings is 1. The summed E-state index contributed by atoms with van der Waals surface area (Å²) in [5.41, 5.74) is -0.0562. The van der Waals surface area contributed by atoms with Gasteiger partial charge in [0.05, 0.1) is 5.56 Å². The third kappa shape index (κ3) is 4.02. The molecule has 1 aromatic carbocycles. The van der Waals surface area contributed by atoms with E-state index in [1.54, 1.807) is 12.1 Å². The Balaban J connectivity index is 2.40. The van der Waals surface area contributed by atoms with Gasteiger partial charge in [-0.2, -0.15) is 13.2 Å². The van der Waals surface area contributed by atoms with Crippen LogP contribution in [0.25, 0.3) is 0 Å². The number of nitrogens with one attached hydrogen (secondary N) is 1. The minimum absolute atomic E-state index is 0.167. The zero-order chi connectivity index (χ0) is 16.2. The molecule has 1 N–H and O–H groups in total. The van der Waals surface area contributed by atoms with Crippen molar-refractivity contribution < 1.29 is 13.2 Å². The van der Waals surface area contributed by atoms with Gasteiger partial charge in [-0.3, -0.25) is 4.90 Å². The van der Waals surface area contributed by atoms with Gasteiger partial charge in [-0.25, -0.2) is 0 Å². The predicted octanol–water partition coefficient (Wildman–Crippen LogP) is 4.09. The standard InChI is InChI=1S/C17H25F3N2/c1-3-6-13(2)16(22-11-9-21-10-12-22)14-7-4-5-8-15(14)17(18,19)20/h4-5,7-8,13,16,21H,3,6,9-12H2,1-2H3/t13?,16-/m0/s1. The van der Waals surface area contributed by atoms with E-state index in [0.29, 0.717) is 5.56 Å². The summed E-state index contributed by atoms with van der Waals surface area (Å²) in [6.45, 7) is 7.42. The minimum Gasteiger partial charge on any atom is -0.314 e. The van der Waals surface area contributed by atoms with Gasteiger partial charge in [-0.15, -0.1) is 0 Å². The molecule has 5 heteroatoms. The molecule has 0 bridgehead atoms. The summed E-state index contributed by atoms with van der Waals surface area (Å²) < 4.78 is 40.2. The molecule has 1 heterocycles. The molecule has 2 rings (SSSR count). The molecule has 0 radical (unpaired) electrons. The van der Waals surface area contributed by atoms with Crippen molar-refractivity contribution >= 4 is 0 Å². The highest BCUT2D eigenvalue weighted by atomic mass is 19.4. The van der Waals surface area contributed by atoms with Gasteiger partial charge in [0.15, 0.2) is 0 Å². The average Bonchev–Trinajstić information content (AvgIpc) is 2.48. The molecule has 124 valence electrons. The molecule has 1 aliphatic heterocycles. The van der Waals surface area contributed by atoms with Gasteiger partial charge < -0.3 is 5.32 Å². The molecule has 1 saturated heterocycles. The van der Waals surface area contributed by atoms with Crippen LogP contribution in [0.15, 0.2) is 24.3 Å². The average molecular weight is 314 g/mol. The third-order valence-corrected chi connectivity index (χ3v) is 4.41. The molecule has 0 aromatic heterocycles. The fourth-order valence-corrected chi connectivity index (χ4v) is 3.45. The van der Waals surface area contributed by atoms with E-state index in [1.807, 2.05) is 0 Å². The second kappa shape index (κ2) is 7.47. The Hall–Kier alpha value is -1.07. The van der Waals surface area contributed by atoms with Gasteiger partial charge in [-0.1, -0.05) is 38.5 Å². The summed E-state index contributed by atoms with van der Waals surface area (Å²) >= 11 is 0. The van der Waals surface area contributed by atoms with Crippen LogP contribution in [0.4, 0.5) is 13.2 Å². The van der Waals surface area contributed by atoms with E-state index in [1.165, 1.54) is 12.1 Å². The van der Waals surface area contributed by atoms with Crippen LogP contribution in [0.3, 0.4) is 0 Å². The van der Waals surface area contributed by atoms with Crippen LogP contribution < -0.4 is 5.32 Å². The molecule has 1 unspecified atom stereocenters. The normalized spacial score (nSPS) is 19.9. The molecular weight excluding hydrogens is 289 g/mol. The molecule has 0 spiro atoms. The number of hydrogen-bond donors (Lipinski definition) is 1. The summed E-state index contributed by atoms with van der Waals surface area (Å²) in [6.07, 6.45) is -2.38. The van der Waals surface area contributed by atoms with E-state index in [4.69, 9.17) is 0 Å². The summed E-state index contributed by atoms with van der Waals surface area (Å²) in [5.74, 6) is 0.201. The van der Waals surface area contributed by atoms with Gasteiger partial charge in [0.2, 0.25) is 0 Å². The molecule has 1 aromatic rings. The summed E-state index contributed by atoms with van der Waals surface area (Å²) in [5, 5.41) is 3.27. The van der Waals surface area contributed by atoms with Gasteiger partial charge in [0.25, 0.3) is 0 Å². The van der Waals surface area contributed by atoms with E-state index in [0.717, 1.165) is 39.0 Å². The number of alkyl halides is 3. The maximum atomic E-state index is 13.4. The van der Waals surface area contributed by atoms with Crippen molar-refractivity contribution in [2.75, 3.05) is 26.2 Å². The van der Waals surface area contributed by atoms with Gasteiger partial charge in [0, 0.05) is 32.2 Å². The first kappa shape index (κ1) is 17.3. The molecule has 0 saturated carbocycles. The first-order chi connectivity index (χ1) is 10.4. The molecular formula is C17H25F3N2. The van der Waals surface area contributed by atoms with Crippen molar-refractivity contribution in [1.82, 2.24) is 10.2 Å². The zero-order valence-electron chi connectivity index (χ0n) is 13.3. The van der Waals surface area contributed by atoms with Crippen LogP contribution in [0.2, 0.25) is 0 Å². The lowest BCUT2D eigenvalue weighted by Gasteiger charge is -2.39. The van der Waals surface area contributed by atoms with E-state index in [2.05, 4.69) is 24.1 Å². The fourth-order valence-electron chi connectivity index (χ4n) is 3.45. The van der Waals surface area contributed by atoms with Crippen molar-refractivity contribution in [3.63, 3.8) is 0 Å². The van der Waals surface area contributed by atoms with E-state index in [-0.39, 0.29) is 12.0 Å². The molecule has 0 aliphatic carbocycles. The van der Waals surface area contributed by atoms with Crippen molar-refractivity contribution in [3.05, 3.63) is 35.4 Å². The number of nitrogens with zero attached hydrogens (tertiary/aromatic N) is 1. The molecule has 2 atom stereocenters. The van der Waals surface area contributed by atoms with Crippen LogP contribution in [0, 0.1) is 5.92 Å². The summed E-state index contributed by atoms with van der Waals surface area (Å²) in [4.78, 5) is 2.21. The lowest BCUT2D eigenvalue weighted by Crippen LogP contribution is -2.47. The van der Waals surface area contributed by atoms with Crippen molar-refractivity contribution in [2.45, 2.75) is 38.9 Å². The highest BCUT2D eigenvalue weighted by Gasteiger charge is 2.37. The Morgan fingerprint density at radius 1 is 1.18 bits per heavy atom. The largest absolute Gasteiger partial charge is 0.416 e. The first-order valence-electron chi connectivity index (χ1n) is 8.06. The maximum Gasteiger partial charge on any atom is 0.416 e. The van der Waals surface area contributed by atoms with Crippen molar-refractivity contribution in [3.8, 4) is 0 Å². The predicted molar refractivity (Wildman–Crippen MR) is 82.7 cm³/mol. The van der Waals surface area contributed by atoms with Crippen molar-refractivity contribution in [1.29, 1.82) is 0 Å². The quantitative estimate of drug-likeness (QED) is 0.880. The van der Waals surface area contributed by atoms with Crippen LogP contribution >= 0.6 is 0 Å². The second-order valence-corrected chi connectivity index (χ2v) is 6.08. The number of halogens is 3.